The summed E-state index contributed by atoms with van der Waals surface area (Å²) in [4.78, 5) is 27.6. The van der Waals surface area contributed by atoms with E-state index in [-0.39, 0.29) is 23.5 Å². The summed E-state index contributed by atoms with van der Waals surface area (Å²) in [6.45, 7) is 0.195. The van der Waals surface area contributed by atoms with Gasteiger partial charge in [-0.3, -0.25) is 20.0 Å². The zero-order valence-electron chi connectivity index (χ0n) is 10.6. The van der Waals surface area contributed by atoms with E-state index >= 15 is 0 Å². The molecule has 2 aromatic rings. The number of aromatic nitrogens is 3. The number of rotatable bonds is 4. The summed E-state index contributed by atoms with van der Waals surface area (Å²) in [7, 11) is 1.54. The van der Waals surface area contributed by atoms with Crippen LogP contribution in [-0.2, 0) is 6.54 Å². The lowest BCUT2D eigenvalue weighted by Gasteiger charge is -2.16. The molecule has 0 saturated carbocycles. The molecule has 1 aromatic carbocycles. The van der Waals surface area contributed by atoms with Crippen LogP contribution >= 0.6 is 0 Å². The Kier molecular flexibility index (Phi) is 3.60. The molecule has 1 aromatic heterocycles. The van der Waals surface area contributed by atoms with E-state index in [0.717, 1.165) is 6.07 Å². The van der Waals surface area contributed by atoms with Gasteiger partial charge in [0.25, 0.3) is 11.6 Å². The van der Waals surface area contributed by atoms with Gasteiger partial charge < -0.3 is 10.6 Å². The number of nitrogens with two attached hydrogens (primary N) is 1. The molecule has 9 heteroatoms. The van der Waals surface area contributed by atoms with Crippen molar-refractivity contribution in [2.45, 2.75) is 6.54 Å². The third-order valence-corrected chi connectivity index (χ3v) is 2.68. The van der Waals surface area contributed by atoms with Crippen molar-refractivity contribution in [3.05, 3.63) is 46.0 Å². The van der Waals surface area contributed by atoms with Crippen LogP contribution in [0.1, 0.15) is 16.2 Å². The van der Waals surface area contributed by atoms with E-state index in [1.54, 1.807) is 7.05 Å². The van der Waals surface area contributed by atoms with E-state index in [1.165, 1.54) is 23.4 Å². The van der Waals surface area contributed by atoms with E-state index < -0.39 is 10.8 Å². The molecule has 0 saturated heterocycles. The topological polar surface area (TPSA) is 131 Å². The molecule has 20 heavy (non-hydrogen) atoms. The largest absolute Gasteiger partial charge is 0.398 e. The molecule has 3 N–H and O–H groups in total. The highest BCUT2D eigenvalue weighted by Gasteiger charge is 2.19. The lowest BCUT2D eigenvalue weighted by molar-refractivity contribution is -0.384. The van der Waals surface area contributed by atoms with Crippen molar-refractivity contribution in [3.8, 4) is 0 Å². The Morgan fingerprint density at radius 3 is 2.90 bits per heavy atom. The number of nitro groups is 1. The van der Waals surface area contributed by atoms with E-state index in [1.807, 2.05) is 0 Å². The number of benzene rings is 1. The molecule has 0 unspecified atom stereocenters. The van der Waals surface area contributed by atoms with Crippen molar-refractivity contribution in [1.82, 2.24) is 20.1 Å². The van der Waals surface area contributed by atoms with Gasteiger partial charge in [0.15, 0.2) is 0 Å². The van der Waals surface area contributed by atoms with Gasteiger partial charge in [-0.25, -0.2) is 4.98 Å². The van der Waals surface area contributed by atoms with Crippen LogP contribution < -0.4 is 5.73 Å². The number of non-ortho nitro benzene ring substituents is 1. The maximum Gasteiger partial charge on any atom is 0.270 e. The Labute approximate surface area is 113 Å². The molecular formula is C11H12N6O3. The number of nitrogen functional groups attached to an aromatic ring is 1. The van der Waals surface area contributed by atoms with E-state index in [4.69, 9.17) is 5.73 Å². The average Bonchev–Trinajstić information content (AvgIpc) is 2.91. The predicted octanol–water partition coefficient (Wildman–Crippen LogP) is 0.567. The fraction of sp³-hybridized carbons (Fsp3) is 0.182. The van der Waals surface area contributed by atoms with Crippen molar-refractivity contribution in [1.29, 1.82) is 0 Å². The van der Waals surface area contributed by atoms with Gasteiger partial charge in [-0.1, -0.05) is 0 Å². The summed E-state index contributed by atoms with van der Waals surface area (Å²) in [5.74, 6) is 0.0763. The molecule has 0 bridgehead atoms. The Balaban J connectivity index is 2.23. The summed E-state index contributed by atoms with van der Waals surface area (Å²) in [5.41, 5.74) is 5.78. The summed E-state index contributed by atoms with van der Waals surface area (Å²) in [6, 6.07) is 3.75. The van der Waals surface area contributed by atoms with Crippen LogP contribution in [0, 0.1) is 10.1 Å². The van der Waals surface area contributed by atoms with Crippen molar-refractivity contribution in [2.75, 3.05) is 12.8 Å². The lowest BCUT2D eigenvalue weighted by Crippen LogP contribution is -2.27. The minimum Gasteiger partial charge on any atom is -0.398 e. The maximum atomic E-state index is 12.2. The number of anilines is 1. The Morgan fingerprint density at radius 1 is 1.55 bits per heavy atom. The highest BCUT2D eigenvalue weighted by molar-refractivity contribution is 5.99. The molecular weight excluding hydrogens is 264 g/mol. The summed E-state index contributed by atoms with van der Waals surface area (Å²) in [5, 5.41) is 17.0. The number of hydrogen-bond donors (Lipinski definition) is 2. The highest BCUT2D eigenvalue weighted by atomic mass is 16.6. The first kappa shape index (κ1) is 13.5. The van der Waals surface area contributed by atoms with Gasteiger partial charge >= 0.3 is 0 Å². The first-order valence-electron chi connectivity index (χ1n) is 5.62. The normalized spacial score (nSPS) is 10.2. The molecule has 0 aliphatic carbocycles. The van der Waals surface area contributed by atoms with E-state index in [0.29, 0.717) is 5.82 Å². The molecule has 0 aliphatic heterocycles. The molecule has 9 nitrogen and oxygen atoms in total. The van der Waals surface area contributed by atoms with Gasteiger partial charge in [0.1, 0.15) is 12.2 Å². The molecule has 104 valence electrons. The zero-order chi connectivity index (χ0) is 14.7. The maximum absolute atomic E-state index is 12.2. The Morgan fingerprint density at radius 2 is 2.30 bits per heavy atom. The van der Waals surface area contributed by atoms with Crippen LogP contribution in [0.25, 0.3) is 0 Å². The second-order valence-corrected chi connectivity index (χ2v) is 4.12. The van der Waals surface area contributed by atoms with Crippen molar-refractivity contribution in [2.24, 2.45) is 0 Å². The molecule has 0 fully saturated rings. The lowest BCUT2D eigenvalue weighted by atomic mass is 10.1. The quantitative estimate of drug-likeness (QED) is 0.476. The summed E-state index contributed by atoms with van der Waals surface area (Å²) >= 11 is 0. The molecule has 1 heterocycles. The third kappa shape index (κ3) is 2.71. The van der Waals surface area contributed by atoms with Crippen molar-refractivity contribution in [3.63, 3.8) is 0 Å². The SMILES string of the molecule is CN(Cc1ncn[nH]1)C(=O)c1cc([N+](=O)[O-])ccc1N. The molecule has 0 radical (unpaired) electrons. The van der Waals surface area contributed by atoms with Gasteiger partial charge in [0, 0.05) is 24.9 Å². The molecule has 0 atom stereocenters. The van der Waals surface area contributed by atoms with Gasteiger partial charge in [-0.15, -0.1) is 0 Å². The number of nitrogens with one attached hydrogen (secondary N) is 1. The first-order valence-corrected chi connectivity index (χ1v) is 5.62. The molecule has 2 rings (SSSR count). The van der Waals surface area contributed by atoms with Crippen LogP contribution in [0.5, 0.6) is 0 Å². The first-order chi connectivity index (χ1) is 9.49. The van der Waals surface area contributed by atoms with Crippen LogP contribution in [0.15, 0.2) is 24.5 Å². The van der Waals surface area contributed by atoms with Gasteiger partial charge in [-0.2, -0.15) is 5.10 Å². The third-order valence-electron chi connectivity index (χ3n) is 2.68. The fourth-order valence-electron chi connectivity index (χ4n) is 1.65. The van der Waals surface area contributed by atoms with Gasteiger partial charge in [0.05, 0.1) is 17.0 Å². The highest BCUT2D eigenvalue weighted by Crippen LogP contribution is 2.21. The monoisotopic (exact) mass is 276 g/mol. The second kappa shape index (κ2) is 5.34. The minimum atomic E-state index is -0.577. The van der Waals surface area contributed by atoms with Crippen molar-refractivity contribution < 1.29 is 9.72 Å². The standard InChI is InChI=1S/C11H12N6O3/c1-16(5-10-13-6-14-15-10)11(18)8-4-7(17(19)20)2-3-9(8)12/h2-4,6H,5,12H2,1H3,(H,13,14,15). The minimum absolute atomic E-state index is 0.0845. The van der Waals surface area contributed by atoms with Crippen molar-refractivity contribution >= 4 is 17.3 Å². The number of H-pyrrole nitrogens is 1. The van der Waals surface area contributed by atoms with Gasteiger partial charge in [0.2, 0.25) is 0 Å². The number of aromatic amines is 1. The average molecular weight is 276 g/mol. The number of carbonyl (C=O) groups excluding carboxylic acids is 1. The summed E-state index contributed by atoms with van der Waals surface area (Å²) in [6.07, 6.45) is 1.33. The molecule has 0 spiro atoms. The Hall–Kier alpha value is -2.97. The number of hydrogen-bond acceptors (Lipinski definition) is 6. The number of nitrogens with zero attached hydrogens (tertiary/aromatic N) is 4. The van der Waals surface area contributed by atoms with Gasteiger partial charge in [-0.05, 0) is 6.07 Å². The number of amides is 1. The van der Waals surface area contributed by atoms with Crippen LogP contribution in [0.3, 0.4) is 0 Å². The molecule has 1 amide bonds. The van der Waals surface area contributed by atoms with Crippen LogP contribution in [0.4, 0.5) is 11.4 Å². The summed E-state index contributed by atoms with van der Waals surface area (Å²) < 4.78 is 0. The smallest absolute Gasteiger partial charge is 0.270 e. The van der Waals surface area contributed by atoms with E-state index in [9.17, 15) is 14.9 Å². The number of carbonyl (C=O) groups is 1. The predicted molar refractivity (Wildman–Crippen MR) is 69.7 cm³/mol. The van der Waals surface area contributed by atoms with Crippen LogP contribution in [0.2, 0.25) is 0 Å². The van der Waals surface area contributed by atoms with Crippen LogP contribution in [-0.4, -0.2) is 38.0 Å². The number of nitro benzene ring substituents is 1. The van der Waals surface area contributed by atoms with E-state index in [2.05, 4.69) is 15.2 Å². The zero-order valence-corrected chi connectivity index (χ0v) is 10.6. The Bertz CT molecular complexity index is 640. The second-order valence-electron chi connectivity index (χ2n) is 4.12. The molecule has 0 aliphatic rings. The fourth-order valence-corrected chi connectivity index (χ4v) is 1.65.